The van der Waals surface area contributed by atoms with Crippen LogP contribution in [0.3, 0.4) is 0 Å². The monoisotopic (exact) mass is 326 g/mol. The molecule has 2 N–H and O–H groups in total. The van der Waals surface area contributed by atoms with E-state index < -0.39 is 0 Å². The summed E-state index contributed by atoms with van der Waals surface area (Å²) < 4.78 is 0. The Morgan fingerprint density at radius 3 is 1.04 bits per heavy atom. The van der Waals surface area contributed by atoms with E-state index in [1.165, 1.54) is 96.6 Å². The number of hydrogen-bond donors (Lipinski definition) is 2. The summed E-state index contributed by atoms with van der Waals surface area (Å²) in [7, 11) is 0. The zero-order chi connectivity index (χ0) is 17.2. The van der Waals surface area contributed by atoms with Crippen LogP contribution in [0.25, 0.3) is 0 Å². The van der Waals surface area contributed by atoms with Crippen molar-refractivity contribution < 1.29 is 0 Å². The van der Waals surface area contributed by atoms with Crippen LogP contribution in [0.4, 0.5) is 0 Å². The first-order valence-electron chi connectivity index (χ1n) is 10.7. The van der Waals surface area contributed by atoms with E-state index in [2.05, 4.69) is 38.3 Å². The van der Waals surface area contributed by atoms with E-state index in [1.54, 1.807) is 0 Å². The van der Waals surface area contributed by atoms with E-state index in [4.69, 9.17) is 0 Å². The number of unbranched alkanes of at least 4 members (excludes halogenated alkanes) is 4. The van der Waals surface area contributed by atoms with Crippen LogP contribution in [0.15, 0.2) is 0 Å². The lowest BCUT2D eigenvalue weighted by molar-refractivity contribution is 0.399. The molecule has 0 aromatic heterocycles. The third kappa shape index (κ3) is 15.2. The second-order valence-electron chi connectivity index (χ2n) is 7.22. The van der Waals surface area contributed by atoms with Gasteiger partial charge in [0, 0.05) is 12.1 Å². The van der Waals surface area contributed by atoms with Gasteiger partial charge in [-0.1, -0.05) is 79.1 Å². The van der Waals surface area contributed by atoms with E-state index in [9.17, 15) is 0 Å². The molecule has 23 heavy (non-hydrogen) atoms. The van der Waals surface area contributed by atoms with Crippen LogP contribution in [-0.2, 0) is 0 Å². The molecule has 140 valence electrons. The summed E-state index contributed by atoms with van der Waals surface area (Å²) in [6.07, 6.45) is 17.5. The Balaban J connectivity index is 3.81. The van der Waals surface area contributed by atoms with Crippen LogP contribution in [0.2, 0.25) is 0 Å². The second kappa shape index (κ2) is 18.3. The fourth-order valence-corrected chi connectivity index (χ4v) is 3.20. The number of hydrogen-bond acceptors (Lipinski definition) is 2. The quantitative estimate of drug-likeness (QED) is 0.299. The van der Waals surface area contributed by atoms with Gasteiger partial charge in [-0.25, -0.2) is 0 Å². The maximum atomic E-state index is 3.81. The Bertz CT molecular complexity index is 180. The molecule has 0 radical (unpaired) electrons. The van der Waals surface area contributed by atoms with Crippen LogP contribution in [0, 0.1) is 0 Å². The molecule has 0 unspecified atom stereocenters. The summed E-state index contributed by atoms with van der Waals surface area (Å²) in [5.41, 5.74) is 0. The summed E-state index contributed by atoms with van der Waals surface area (Å²) >= 11 is 0. The van der Waals surface area contributed by atoms with E-state index in [0.717, 1.165) is 12.1 Å². The zero-order valence-electron chi connectivity index (χ0n) is 16.8. The van der Waals surface area contributed by atoms with Crippen molar-refractivity contribution >= 4 is 0 Å². The average molecular weight is 327 g/mol. The van der Waals surface area contributed by atoms with E-state index in [1.807, 2.05) is 0 Å². The molecule has 0 aliphatic rings. The predicted octanol–water partition coefficient (Wildman–Crippen LogP) is 6.05. The van der Waals surface area contributed by atoms with Crippen LogP contribution in [0.5, 0.6) is 0 Å². The molecule has 0 aliphatic heterocycles. The lowest BCUT2D eigenvalue weighted by atomic mass is 10.0. The van der Waals surface area contributed by atoms with Crippen LogP contribution in [0.1, 0.15) is 111 Å². The van der Waals surface area contributed by atoms with Gasteiger partial charge in [-0.05, 0) is 45.2 Å². The van der Waals surface area contributed by atoms with Gasteiger partial charge in [0.25, 0.3) is 0 Å². The highest BCUT2D eigenvalue weighted by molar-refractivity contribution is 4.69. The van der Waals surface area contributed by atoms with Crippen LogP contribution in [-0.4, -0.2) is 25.2 Å². The molecular formula is C21H46N2. The Hall–Kier alpha value is -0.0800. The Labute approximate surface area is 147 Å². The molecule has 2 nitrogen and oxygen atoms in total. The standard InChI is InChI=1S/C21H46N2/c1-5-9-14-20(15-10-6-2)22-18-13-19-23-21(16-11-7-3)17-12-8-4/h20-23H,5-19H2,1-4H3. The van der Waals surface area contributed by atoms with Gasteiger partial charge in [-0.2, -0.15) is 0 Å². The molecule has 0 spiro atoms. The van der Waals surface area contributed by atoms with Gasteiger partial charge in [-0.3, -0.25) is 0 Å². The van der Waals surface area contributed by atoms with Gasteiger partial charge in [0.05, 0.1) is 0 Å². The van der Waals surface area contributed by atoms with E-state index in [0.29, 0.717) is 0 Å². The summed E-state index contributed by atoms with van der Waals surface area (Å²) in [6.45, 7) is 11.6. The summed E-state index contributed by atoms with van der Waals surface area (Å²) in [5.74, 6) is 0. The third-order valence-electron chi connectivity index (χ3n) is 4.84. The Morgan fingerprint density at radius 1 is 0.478 bits per heavy atom. The first-order valence-corrected chi connectivity index (χ1v) is 10.7. The molecule has 0 aromatic carbocycles. The first-order chi connectivity index (χ1) is 11.3. The highest BCUT2D eigenvalue weighted by Crippen LogP contribution is 2.10. The van der Waals surface area contributed by atoms with Crippen molar-refractivity contribution in [2.45, 2.75) is 123 Å². The maximum absolute atomic E-state index is 3.81. The topological polar surface area (TPSA) is 24.1 Å². The average Bonchev–Trinajstić information content (AvgIpc) is 2.57. The van der Waals surface area contributed by atoms with Gasteiger partial charge in [0.1, 0.15) is 0 Å². The van der Waals surface area contributed by atoms with Gasteiger partial charge in [0.2, 0.25) is 0 Å². The van der Waals surface area contributed by atoms with Crippen LogP contribution >= 0.6 is 0 Å². The normalized spacial score (nSPS) is 11.7. The summed E-state index contributed by atoms with van der Waals surface area (Å²) in [4.78, 5) is 0. The van der Waals surface area contributed by atoms with Crippen molar-refractivity contribution in [1.29, 1.82) is 0 Å². The smallest absolute Gasteiger partial charge is 0.00670 e. The van der Waals surface area contributed by atoms with Crippen molar-refractivity contribution in [3.05, 3.63) is 0 Å². The minimum Gasteiger partial charge on any atom is -0.314 e. The van der Waals surface area contributed by atoms with E-state index in [-0.39, 0.29) is 0 Å². The minimum absolute atomic E-state index is 0.755. The molecule has 0 rings (SSSR count). The highest BCUT2D eigenvalue weighted by atomic mass is 14.9. The van der Waals surface area contributed by atoms with Crippen molar-refractivity contribution in [3.63, 3.8) is 0 Å². The third-order valence-corrected chi connectivity index (χ3v) is 4.84. The van der Waals surface area contributed by atoms with Gasteiger partial charge in [-0.15, -0.1) is 0 Å². The van der Waals surface area contributed by atoms with Crippen molar-refractivity contribution in [2.75, 3.05) is 13.1 Å². The molecule has 0 aliphatic carbocycles. The molecule has 0 saturated carbocycles. The molecule has 0 aromatic rings. The second-order valence-corrected chi connectivity index (χ2v) is 7.22. The molecule has 0 atom stereocenters. The lowest BCUT2D eigenvalue weighted by Crippen LogP contribution is -2.34. The zero-order valence-corrected chi connectivity index (χ0v) is 16.8. The van der Waals surface area contributed by atoms with Crippen molar-refractivity contribution in [3.8, 4) is 0 Å². The molecule has 0 saturated heterocycles. The van der Waals surface area contributed by atoms with Crippen molar-refractivity contribution in [2.24, 2.45) is 0 Å². The number of rotatable bonds is 18. The molecule has 0 bridgehead atoms. The SMILES string of the molecule is CCCCC(CCCC)NCCCNC(CCCC)CCCC. The molecule has 2 heteroatoms. The summed E-state index contributed by atoms with van der Waals surface area (Å²) in [6, 6.07) is 1.51. The largest absolute Gasteiger partial charge is 0.314 e. The van der Waals surface area contributed by atoms with Gasteiger partial charge in [0.15, 0.2) is 0 Å². The fourth-order valence-electron chi connectivity index (χ4n) is 3.20. The maximum Gasteiger partial charge on any atom is 0.00670 e. The van der Waals surface area contributed by atoms with Gasteiger partial charge >= 0.3 is 0 Å². The fraction of sp³-hybridized carbons (Fsp3) is 1.00. The minimum atomic E-state index is 0.755. The molecule has 0 fully saturated rings. The summed E-state index contributed by atoms with van der Waals surface area (Å²) in [5, 5.41) is 7.62. The van der Waals surface area contributed by atoms with Crippen LogP contribution < -0.4 is 10.6 Å². The first kappa shape index (κ1) is 22.9. The molecule has 0 amide bonds. The Kier molecular flexibility index (Phi) is 18.2. The predicted molar refractivity (Wildman–Crippen MR) is 106 cm³/mol. The highest BCUT2D eigenvalue weighted by Gasteiger charge is 2.08. The lowest BCUT2D eigenvalue weighted by Gasteiger charge is -2.20. The Morgan fingerprint density at radius 2 is 0.783 bits per heavy atom. The molecular weight excluding hydrogens is 280 g/mol. The number of nitrogens with one attached hydrogen (secondary N) is 2. The molecule has 0 heterocycles. The van der Waals surface area contributed by atoms with Gasteiger partial charge < -0.3 is 10.6 Å². The van der Waals surface area contributed by atoms with Crippen molar-refractivity contribution in [1.82, 2.24) is 10.6 Å². The van der Waals surface area contributed by atoms with E-state index >= 15 is 0 Å².